The zero-order valence-corrected chi connectivity index (χ0v) is 11.6. The molecule has 0 bridgehead atoms. The maximum Gasteiger partial charge on any atom is 0.123 e. The van der Waals surface area contributed by atoms with Crippen LogP contribution in [0.5, 0.6) is 5.75 Å². The summed E-state index contributed by atoms with van der Waals surface area (Å²) in [6, 6.07) is 4.00. The number of hydrogen-bond acceptors (Lipinski definition) is 3. The molecule has 1 saturated carbocycles. The fourth-order valence-corrected chi connectivity index (χ4v) is 2.60. The lowest BCUT2D eigenvalue weighted by Crippen LogP contribution is -2.28. The molecule has 0 aliphatic heterocycles. The van der Waals surface area contributed by atoms with Crippen LogP contribution in [0.25, 0.3) is 0 Å². The van der Waals surface area contributed by atoms with Crippen LogP contribution in [0.2, 0.25) is 0 Å². The minimum absolute atomic E-state index is 0.376. The molecule has 3 unspecified atom stereocenters. The van der Waals surface area contributed by atoms with E-state index in [0.29, 0.717) is 6.10 Å². The first kappa shape index (κ1) is 13.3. The Bertz CT molecular complexity index is 381. The molecular formula is C15H24N2O. The van der Waals surface area contributed by atoms with E-state index in [1.807, 2.05) is 25.4 Å². The topological polar surface area (TPSA) is 34.1 Å². The van der Waals surface area contributed by atoms with Crippen molar-refractivity contribution >= 4 is 0 Å². The zero-order valence-electron chi connectivity index (χ0n) is 11.6. The molecule has 0 radical (unpaired) electrons. The Hall–Kier alpha value is -1.09. The lowest BCUT2D eigenvalue weighted by atomic mass is 9.80. The molecule has 0 saturated heterocycles. The Balaban J connectivity index is 1.94. The molecule has 1 aliphatic rings. The van der Waals surface area contributed by atoms with Crippen molar-refractivity contribution in [2.24, 2.45) is 11.8 Å². The zero-order chi connectivity index (χ0) is 13.0. The van der Waals surface area contributed by atoms with Crippen molar-refractivity contribution in [2.75, 3.05) is 7.05 Å². The first-order valence-corrected chi connectivity index (χ1v) is 6.95. The third-order valence-corrected chi connectivity index (χ3v) is 4.00. The molecule has 0 spiro atoms. The Morgan fingerprint density at radius 2 is 2.17 bits per heavy atom. The summed E-state index contributed by atoms with van der Waals surface area (Å²) in [6.07, 6.45) is 5.83. The van der Waals surface area contributed by atoms with Crippen molar-refractivity contribution in [3.63, 3.8) is 0 Å². The molecule has 3 nitrogen and oxygen atoms in total. The highest BCUT2D eigenvalue weighted by Gasteiger charge is 2.25. The van der Waals surface area contributed by atoms with Gasteiger partial charge in [-0.1, -0.05) is 13.8 Å². The van der Waals surface area contributed by atoms with Gasteiger partial charge in [-0.15, -0.1) is 0 Å². The van der Waals surface area contributed by atoms with Gasteiger partial charge >= 0.3 is 0 Å². The predicted molar refractivity (Wildman–Crippen MR) is 73.6 cm³/mol. The van der Waals surface area contributed by atoms with Crippen LogP contribution in [0.1, 0.15) is 38.8 Å². The van der Waals surface area contributed by atoms with Crippen molar-refractivity contribution in [3.8, 4) is 5.75 Å². The molecule has 3 heteroatoms. The van der Waals surface area contributed by atoms with Gasteiger partial charge in [0, 0.05) is 18.8 Å². The molecule has 1 N–H and O–H groups in total. The Kier molecular flexibility index (Phi) is 4.59. The minimum atomic E-state index is 0.376. The van der Waals surface area contributed by atoms with Crippen molar-refractivity contribution < 1.29 is 4.74 Å². The normalized spacial score (nSPS) is 28.1. The summed E-state index contributed by atoms with van der Waals surface area (Å²) in [5.74, 6) is 2.56. The van der Waals surface area contributed by atoms with Crippen LogP contribution in [0, 0.1) is 11.8 Å². The van der Waals surface area contributed by atoms with Gasteiger partial charge < -0.3 is 10.1 Å². The lowest BCUT2D eigenvalue weighted by molar-refractivity contribution is 0.100. The number of nitrogens with one attached hydrogen (secondary N) is 1. The van der Waals surface area contributed by atoms with Gasteiger partial charge in [0.05, 0.1) is 11.8 Å². The van der Waals surface area contributed by atoms with Crippen molar-refractivity contribution in [2.45, 2.75) is 45.8 Å². The van der Waals surface area contributed by atoms with Crippen LogP contribution in [0.4, 0.5) is 0 Å². The Morgan fingerprint density at radius 3 is 2.89 bits per heavy atom. The number of ether oxygens (including phenoxy) is 1. The fourth-order valence-electron chi connectivity index (χ4n) is 2.60. The molecule has 1 aromatic rings. The smallest absolute Gasteiger partial charge is 0.123 e. The van der Waals surface area contributed by atoms with Crippen LogP contribution in [0.3, 0.4) is 0 Å². The first-order chi connectivity index (χ1) is 8.69. The highest BCUT2D eigenvalue weighted by atomic mass is 16.5. The van der Waals surface area contributed by atoms with Gasteiger partial charge in [0.1, 0.15) is 5.75 Å². The number of nitrogens with zero attached hydrogens (tertiary/aromatic N) is 1. The van der Waals surface area contributed by atoms with Crippen LogP contribution in [-0.2, 0) is 6.54 Å². The van der Waals surface area contributed by atoms with Gasteiger partial charge in [-0.05, 0) is 44.2 Å². The van der Waals surface area contributed by atoms with E-state index in [9.17, 15) is 0 Å². The third-order valence-electron chi connectivity index (χ3n) is 4.00. The van der Waals surface area contributed by atoms with E-state index < -0.39 is 0 Å². The van der Waals surface area contributed by atoms with E-state index in [-0.39, 0.29) is 0 Å². The number of rotatable bonds is 4. The van der Waals surface area contributed by atoms with E-state index in [0.717, 1.165) is 29.8 Å². The molecule has 18 heavy (non-hydrogen) atoms. The number of aromatic nitrogens is 1. The second kappa shape index (κ2) is 6.19. The minimum Gasteiger partial charge on any atom is -0.490 e. The van der Waals surface area contributed by atoms with Crippen LogP contribution in [-0.4, -0.2) is 18.1 Å². The molecule has 1 aliphatic carbocycles. The van der Waals surface area contributed by atoms with Gasteiger partial charge in [-0.25, -0.2) is 0 Å². The maximum atomic E-state index is 6.09. The first-order valence-electron chi connectivity index (χ1n) is 6.95. The number of hydrogen-bond donors (Lipinski definition) is 1. The maximum absolute atomic E-state index is 6.09. The van der Waals surface area contributed by atoms with E-state index in [2.05, 4.69) is 24.1 Å². The Labute approximate surface area is 110 Å². The van der Waals surface area contributed by atoms with Crippen molar-refractivity contribution in [3.05, 3.63) is 24.0 Å². The summed E-state index contributed by atoms with van der Waals surface area (Å²) in [6.45, 7) is 5.47. The van der Waals surface area contributed by atoms with Gasteiger partial charge in [-0.3, -0.25) is 4.98 Å². The molecular weight excluding hydrogens is 224 g/mol. The third kappa shape index (κ3) is 3.45. The molecule has 100 valence electrons. The molecule has 2 rings (SSSR count). The van der Waals surface area contributed by atoms with Crippen LogP contribution in [0.15, 0.2) is 18.3 Å². The van der Waals surface area contributed by atoms with Crippen molar-refractivity contribution in [1.29, 1.82) is 0 Å². The summed E-state index contributed by atoms with van der Waals surface area (Å²) in [4.78, 5) is 4.31. The van der Waals surface area contributed by atoms with Crippen molar-refractivity contribution in [1.82, 2.24) is 10.3 Å². The van der Waals surface area contributed by atoms with Gasteiger partial charge in [0.15, 0.2) is 0 Å². The average Bonchev–Trinajstić information content (AvgIpc) is 2.35. The summed E-state index contributed by atoms with van der Waals surface area (Å²) < 4.78 is 6.09. The second-order valence-corrected chi connectivity index (χ2v) is 5.52. The van der Waals surface area contributed by atoms with Crippen LogP contribution >= 0.6 is 0 Å². The monoisotopic (exact) mass is 248 g/mol. The molecule has 1 aromatic heterocycles. The summed E-state index contributed by atoms with van der Waals surface area (Å²) >= 11 is 0. The molecule has 3 atom stereocenters. The Morgan fingerprint density at radius 1 is 1.33 bits per heavy atom. The quantitative estimate of drug-likeness (QED) is 0.889. The van der Waals surface area contributed by atoms with E-state index >= 15 is 0 Å². The predicted octanol–water partition coefficient (Wildman–Crippen LogP) is 3.00. The van der Waals surface area contributed by atoms with Gasteiger partial charge in [-0.2, -0.15) is 0 Å². The van der Waals surface area contributed by atoms with Crippen LogP contribution < -0.4 is 10.1 Å². The lowest BCUT2D eigenvalue weighted by Gasteiger charge is -2.32. The second-order valence-electron chi connectivity index (χ2n) is 5.52. The summed E-state index contributed by atoms with van der Waals surface area (Å²) in [7, 11) is 1.93. The standard InChI is InChI=1S/C15H24N2O/c1-11-4-5-14(8-12(11)2)18-15-6-7-17-13(9-15)10-16-3/h6-7,9,11-12,14,16H,4-5,8,10H2,1-3H3. The highest BCUT2D eigenvalue weighted by molar-refractivity contribution is 5.23. The van der Waals surface area contributed by atoms with Gasteiger partial charge in [0.25, 0.3) is 0 Å². The van der Waals surface area contributed by atoms with E-state index in [4.69, 9.17) is 4.74 Å². The summed E-state index contributed by atoms with van der Waals surface area (Å²) in [5, 5.41) is 3.11. The molecule has 0 aromatic carbocycles. The fraction of sp³-hybridized carbons (Fsp3) is 0.667. The summed E-state index contributed by atoms with van der Waals surface area (Å²) in [5.41, 5.74) is 1.03. The van der Waals surface area contributed by atoms with E-state index in [1.54, 1.807) is 0 Å². The average molecular weight is 248 g/mol. The SMILES string of the molecule is CNCc1cc(OC2CCC(C)C(C)C2)ccn1. The van der Waals surface area contributed by atoms with E-state index in [1.165, 1.54) is 19.3 Å². The molecule has 0 amide bonds. The number of pyridine rings is 1. The van der Waals surface area contributed by atoms with Gasteiger partial charge in [0.2, 0.25) is 0 Å². The molecule has 1 heterocycles. The largest absolute Gasteiger partial charge is 0.490 e. The molecule has 1 fully saturated rings. The highest BCUT2D eigenvalue weighted by Crippen LogP contribution is 2.31.